The first-order valence-electron chi connectivity index (χ1n) is 9.67. The van der Waals surface area contributed by atoms with E-state index in [-0.39, 0.29) is 18.0 Å². The Bertz CT molecular complexity index is 763. The number of carbonyl (C=O) groups excluding carboxylic acids is 2. The molecular weight excluding hydrogens is 421 g/mol. The van der Waals surface area contributed by atoms with E-state index in [1.807, 2.05) is 17.0 Å². The molecule has 2 saturated heterocycles. The number of alkyl halides is 3. The molecule has 0 saturated carbocycles. The fraction of sp³-hybridized carbons (Fsp3) is 0.579. The van der Waals surface area contributed by atoms with E-state index in [1.165, 1.54) is 0 Å². The Morgan fingerprint density at radius 1 is 1.26 bits per heavy atom. The lowest BCUT2D eigenvalue weighted by molar-refractivity contribution is -0.192. The summed E-state index contributed by atoms with van der Waals surface area (Å²) in [7, 11) is 0. The molecule has 12 heteroatoms. The van der Waals surface area contributed by atoms with Crippen LogP contribution in [-0.4, -0.2) is 82.9 Å². The Balaban J connectivity index is 0.000000423. The van der Waals surface area contributed by atoms with Crippen molar-refractivity contribution in [3.05, 3.63) is 30.1 Å². The third-order valence-corrected chi connectivity index (χ3v) is 4.99. The minimum Gasteiger partial charge on any atom is -0.475 e. The molecule has 3 rings (SSSR count). The highest BCUT2D eigenvalue weighted by molar-refractivity contribution is 5.74. The van der Waals surface area contributed by atoms with Crippen LogP contribution >= 0.6 is 0 Å². The molecule has 0 unspecified atom stereocenters. The molecule has 2 aliphatic rings. The van der Waals surface area contributed by atoms with E-state index in [4.69, 9.17) is 14.6 Å². The number of nitrogens with one attached hydrogen (secondary N) is 1. The van der Waals surface area contributed by atoms with Crippen molar-refractivity contribution in [3.63, 3.8) is 0 Å². The van der Waals surface area contributed by atoms with Crippen LogP contribution in [0.15, 0.2) is 24.5 Å². The number of carboxylic acid groups (broad SMARTS) is 1. The highest BCUT2D eigenvalue weighted by Crippen LogP contribution is 2.24. The minimum atomic E-state index is -5.08. The smallest absolute Gasteiger partial charge is 0.475 e. The number of aliphatic carboxylic acids is 1. The quantitative estimate of drug-likeness (QED) is 0.712. The molecule has 1 aromatic heterocycles. The van der Waals surface area contributed by atoms with Crippen LogP contribution in [0.5, 0.6) is 0 Å². The molecule has 0 spiro atoms. The van der Waals surface area contributed by atoms with Crippen LogP contribution in [0.25, 0.3) is 0 Å². The summed E-state index contributed by atoms with van der Waals surface area (Å²) >= 11 is 0. The normalized spacial score (nSPS) is 21.2. The average molecular weight is 446 g/mol. The van der Waals surface area contributed by atoms with Crippen molar-refractivity contribution in [1.82, 2.24) is 20.1 Å². The second-order valence-corrected chi connectivity index (χ2v) is 7.19. The summed E-state index contributed by atoms with van der Waals surface area (Å²) in [5.41, 5.74) is 0.976. The van der Waals surface area contributed by atoms with Crippen molar-refractivity contribution in [1.29, 1.82) is 0 Å². The Hall–Kier alpha value is -2.89. The third-order valence-electron chi connectivity index (χ3n) is 4.99. The number of nitrogens with zero attached hydrogens (tertiary/aromatic N) is 3. The van der Waals surface area contributed by atoms with Crippen LogP contribution < -0.4 is 5.32 Å². The van der Waals surface area contributed by atoms with Gasteiger partial charge in [0, 0.05) is 58.0 Å². The maximum Gasteiger partial charge on any atom is 0.490 e. The predicted molar refractivity (Wildman–Crippen MR) is 102 cm³/mol. The van der Waals surface area contributed by atoms with Crippen molar-refractivity contribution in [2.75, 3.05) is 32.8 Å². The molecular formula is C19H25F3N4O5. The summed E-state index contributed by atoms with van der Waals surface area (Å²) in [6.45, 7) is 5.23. The van der Waals surface area contributed by atoms with E-state index in [0.717, 1.165) is 18.5 Å². The summed E-state index contributed by atoms with van der Waals surface area (Å²) in [5.74, 6) is -2.36. The molecule has 172 valence electrons. The lowest BCUT2D eigenvalue weighted by Gasteiger charge is -2.37. The molecule has 31 heavy (non-hydrogen) atoms. The van der Waals surface area contributed by atoms with Gasteiger partial charge in [-0.25, -0.2) is 9.59 Å². The second kappa shape index (κ2) is 10.9. The zero-order valence-electron chi connectivity index (χ0n) is 17.0. The van der Waals surface area contributed by atoms with Crippen molar-refractivity contribution in [3.8, 4) is 0 Å². The molecule has 2 fully saturated rings. The number of halogens is 3. The number of amides is 3. The number of pyridine rings is 1. The number of aromatic nitrogens is 1. The Morgan fingerprint density at radius 2 is 1.97 bits per heavy atom. The van der Waals surface area contributed by atoms with Crippen LogP contribution in [0.3, 0.4) is 0 Å². The van der Waals surface area contributed by atoms with Gasteiger partial charge in [0.05, 0.1) is 12.7 Å². The molecule has 1 aromatic rings. The number of likely N-dealkylation sites (tertiary alicyclic amines) is 1. The lowest BCUT2D eigenvalue weighted by Crippen LogP contribution is -2.52. The highest BCUT2D eigenvalue weighted by atomic mass is 19.4. The van der Waals surface area contributed by atoms with Crippen LogP contribution in [0, 0.1) is 5.92 Å². The van der Waals surface area contributed by atoms with Gasteiger partial charge in [0.25, 0.3) is 0 Å². The fourth-order valence-corrected chi connectivity index (χ4v) is 3.31. The van der Waals surface area contributed by atoms with Crippen molar-refractivity contribution in [2.24, 2.45) is 5.92 Å². The Morgan fingerprint density at radius 3 is 2.55 bits per heavy atom. The van der Waals surface area contributed by atoms with E-state index in [9.17, 15) is 22.8 Å². The standard InChI is InChI=1S/C17H24N4O3.C2HF3O2/c1-13(22)20-7-8-24-16-12-21(6-4-15(16)11-20)17(23)19-10-14-3-2-5-18-9-14;3-2(4,5)1(6)7/h2-3,5,9,15-16H,4,6-8,10-12H2,1H3,(H,19,23);(H,6,7)/t15-,16-;/m1./s1. The molecule has 0 bridgehead atoms. The summed E-state index contributed by atoms with van der Waals surface area (Å²) in [4.78, 5) is 40.6. The number of urea groups is 1. The van der Waals surface area contributed by atoms with E-state index in [1.54, 1.807) is 24.2 Å². The molecule has 2 N–H and O–H groups in total. The third kappa shape index (κ3) is 7.70. The zero-order valence-corrected chi connectivity index (χ0v) is 17.0. The van der Waals surface area contributed by atoms with Crippen LogP contribution in [0.1, 0.15) is 18.9 Å². The highest BCUT2D eigenvalue weighted by Gasteiger charge is 2.38. The first-order chi connectivity index (χ1) is 14.6. The molecule has 0 aromatic carbocycles. The van der Waals surface area contributed by atoms with E-state index in [0.29, 0.717) is 38.7 Å². The summed E-state index contributed by atoms with van der Waals surface area (Å²) in [6, 6.07) is 3.71. The van der Waals surface area contributed by atoms with Gasteiger partial charge >= 0.3 is 18.2 Å². The first kappa shape index (κ1) is 24.4. The van der Waals surface area contributed by atoms with Crippen molar-refractivity contribution >= 4 is 17.9 Å². The maximum absolute atomic E-state index is 12.4. The van der Waals surface area contributed by atoms with Gasteiger partial charge in [-0.2, -0.15) is 13.2 Å². The number of hydrogen-bond acceptors (Lipinski definition) is 5. The molecule has 3 heterocycles. The summed E-state index contributed by atoms with van der Waals surface area (Å²) in [6.07, 6.45) is -0.761. The van der Waals surface area contributed by atoms with Gasteiger partial charge in [-0.1, -0.05) is 6.07 Å². The number of rotatable bonds is 2. The molecule has 9 nitrogen and oxygen atoms in total. The summed E-state index contributed by atoms with van der Waals surface area (Å²) < 4.78 is 37.6. The van der Waals surface area contributed by atoms with E-state index >= 15 is 0 Å². The predicted octanol–water partition coefficient (Wildman–Crippen LogP) is 1.49. The monoisotopic (exact) mass is 446 g/mol. The van der Waals surface area contributed by atoms with Gasteiger partial charge in [-0.15, -0.1) is 0 Å². The number of ether oxygens (including phenoxy) is 1. The van der Waals surface area contributed by atoms with Crippen LogP contribution in [0.2, 0.25) is 0 Å². The number of carboxylic acids is 1. The molecule has 3 amide bonds. The van der Waals surface area contributed by atoms with Crippen LogP contribution in [-0.2, 0) is 20.9 Å². The number of piperidine rings is 1. The zero-order chi connectivity index (χ0) is 23.0. The number of fused-ring (bicyclic) bond motifs is 1. The fourth-order valence-electron chi connectivity index (χ4n) is 3.31. The van der Waals surface area contributed by atoms with Gasteiger partial charge in [-0.3, -0.25) is 9.78 Å². The molecule has 2 atom stereocenters. The number of carbonyl (C=O) groups is 3. The minimum absolute atomic E-state index is 0.00671. The molecule has 2 aliphatic heterocycles. The SMILES string of the molecule is CC(=O)N1CCO[C@@H]2CN(C(=O)NCc3cccnc3)CC[C@@H]2C1.O=C(O)C(F)(F)F. The summed E-state index contributed by atoms with van der Waals surface area (Å²) in [5, 5.41) is 10.1. The van der Waals surface area contributed by atoms with E-state index in [2.05, 4.69) is 10.3 Å². The first-order valence-corrected chi connectivity index (χ1v) is 9.67. The van der Waals surface area contributed by atoms with E-state index < -0.39 is 12.1 Å². The van der Waals surface area contributed by atoms with Gasteiger partial charge in [0.15, 0.2) is 0 Å². The number of hydrogen-bond donors (Lipinski definition) is 2. The molecule has 0 aliphatic carbocycles. The largest absolute Gasteiger partial charge is 0.490 e. The topological polar surface area (TPSA) is 112 Å². The van der Waals surface area contributed by atoms with Crippen LogP contribution in [0.4, 0.5) is 18.0 Å². The lowest BCUT2D eigenvalue weighted by atomic mass is 9.93. The van der Waals surface area contributed by atoms with Gasteiger partial charge in [0.1, 0.15) is 0 Å². The van der Waals surface area contributed by atoms with Crippen molar-refractivity contribution < 1.29 is 37.4 Å². The Labute approximate surface area is 177 Å². The van der Waals surface area contributed by atoms with Crippen molar-refractivity contribution in [2.45, 2.75) is 32.2 Å². The second-order valence-electron chi connectivity index (χ2n) is 7.19. The maximum atomic E-state index is 12.4. The van der Waals surface area contributed by atoms with Gasteiger partial charge < -0.3 is 25.0 Å². The average Bonchev–Trinajstić information content (AvgIpc) is 2.94. The molecule has 0 radical (unpaired) electrons. The van der Waals surface area contributed by atoms with Gasteiger partial charge in [-0.05, 0) is 18.1 Å². The Kier molecular flexibility index (Phi) is 8.60. The van der Waals surface area contributed by atoms with Gasteiger partial charge in [0.2, 0.25) is 5.91 Å².